The maximum Gasteiger partial charge on any atom is 0.573 e. The van der Waals surface area contributed by atoms with Gasteiger partial charge < -0.3 is 30.7 Å². The SMILES string of the molecule is CC(C)(Cc1cccc(C(=O)NCCc2ccc(OC(F)(F)F)cc2)c1)NC[C@H](O)c1ccc(O)c(CO)c1. The number of phenols is 1. The molecule has 0 heterocycles. The van der Waals surface area contributed by atoms with Crippen molar-refractivity contribution in [3.63, 3.8) is 0 Å². The molecular weight excluding hydrogens is 513 g/mol. The van der Waals surface area contributed by atoms with Crippen molar-refractivity contribution in [2.75, 3.05) is 13.1 Å². The Hall–Kier alpha value is -3.60. The zero-order valence-corrected chi connectivity index (χ0v) is 21.8. The Morgan fingerprint density at radius 2 is 1.72 bits per heavy atom. The number of aliphatic hydroxyl groups excluding tert-OH is 2. The molecule has 0 aliphatic rings. The van der Waals surface area contributed by atoms with Crippen molar-refractivity contribution in [2.45, 2.75) is 51.3 Å². The summed E-state index contributed by atoms with van der Waals surface area (Å²) in [5.41, 5.74) is 2.65. The zero-order valence-electron chi connectivity index (χ0n) is 21.8. The molecule has 3 aromatic carbocycles. The number of benzene rings is 3. The lowest BCUT2D eigenvalue weighted by molar-refractivity contribution is -0.274. The van der Waals surface area contributed by atoms with Crippen molar-refractivity contribution in [3.05, 3.63) is 94.5 Å². The van der Waals surface area contributed by atoms with E-state index in [2.05, 4.69) is 15.4 Å². The fourth-order valence-corrected chi connectivity index (χ4v) is 4.11. The third-order valence-corrected chi connectivity index (χ3v) is 6.12. The molecule has 5 N–H and O–H groups in total. The van der Waals surface area contributed by atoms with E-state index in [0.29, 0.717) is 36.1 Å². The number of ether oxygens (including phenoxy) is 1. The molecule has 0 saturated heterocycles. The number of carbonyl (C=O) groups is 1. The van der Waals surface area contributed by atoms with E-state index in [9.17, 15) is 33.3 Å². The van der Waals surface area contributed by atoms with E-state index in [1.54, 1.807) is 30.3 Å². The van der Waals surface area contributed by atoms with Crippen molar-refractivity contribution in [1.82, 2.24) is 10.6 Å². The van der Waals surface area contributed by atoms with Crippen LogP contribution in [-0.4, -0.2) is 46.2 Å². The molecule has 39 heavy (non-hydrogen) atoms. The second-order valence-electron chi connectivity index (χ2n) is 9.90. The number of aromatic hydroxyl groups is 1. The van der Waals surface area contributed by atoms with E-state index in [0.717, 1.165) is 11.1 Å². The van der Waals surface area contributed by atoms with Gasteiger partial charge in [-0.05, 0) is 79.8 Å². The predicted octanol–water partition coefficient (Wildman–Crippen LogP) is 4.40. The van der Waals surface area contributed by atoms with Crippen LogP contribution in [0.25, 0.3) is 0 Å². The Labute approximate surface area is 225 Å². The molecule has 10 heteroatoms. The van der Waals surface area contributed by atoms with Gasteiger partial charge in [0.25, 0.3) is 5.91 Å². The smallest absolute Gasteiger partial charge is 0.508 e. The van der Waals surface area contributed by atoms with Gasteiger partial charge in [-0.3, -0.25) is 4.79 Å². The second-order valence-corrected chi connectivity index (χ2v) is 9.90. The van der Waals surface area contributed by atoms with Gasteiger partial charge in [-0.2, -0.15) is 0 Å². The first-order valence-electron chi connectivity index (χ1n) is 12.4. The number of hydrogen-bond acceptors (Lipinski definition) is 6. The number of hydrogen-bond donors (Lipinski definition) is 5. The lowest BCUT2D eigenvalue weighted by Crippen LogP contribution is -2.43. The Bertz CT molecular complexity index is 1250. The highest BCUT2D eigenvalue weighted by atomic mass is 19.4. The molecule has 0 unspecified atom stereocenters. The second kappa shape index (κ2) is 13.0. The number of nitrogens with one attached hydrogen (secondary N) is 2. The van der Waals surface area contributed by atoms with Gasteiger partial charge in [0.2, 0.25) is 0 Å². The zero-order chi connectivity index (χ0) is 28.6. The first-order chi connectivity index (χ1) is 18.3. The van der Waals surface area contributed by atoms with Crippen molar-refractivity contribution >= 4 is 5.91 Å². The molecule has 1 amide bonds. The average molecular weight is 547 g/mol. The van der Waals surface area contributed by atoms with Gasteiger partial charge in [-0.15, -0.1) is 13.2 Å². The van der Waals surface area contributed by atoms with Crippen LogP contribution in [0.5, 0.6) is 11.5 Å². The normalized spacial score (nSPS) is 12.7. The molecule has 210 valence electrons. The largest absolute Gasteiger partial charge is 0.573 e. The molecule has 0 radical (unpaired) electrons. The molecule has 0 spiro atoms. The quantitative estimate of drug-likeness (QED) is 0.230. The highest BCUT2D eigenvalue weighted by Crippen LogP contribution is 2.24. The Kier molecular flexibility index (Phi) is 9.96. The van der Waals surface area contributed by atoms with Crippen LogP contribution in [0.4, 0.5) is 13.2 Å². The molecule has 7 nitrogen and oxygen atoms in total. The number of alkyl halides is 3. The van der Waals surface area contributed by atoms with E-state index in [1.807, 2.05) is 19.9 Å². The summed E-state index contributed by atoms with van der Waals surface area (Å²) in [6.45, 7) is 4.18. The molecule has 0 aliphatic heterocycles. The summed E-state index contributed by atoms with van der Waals surface area (Å²) in [4.78, 5) is 12.7. The van der Waals surface area contributed by atoms with Gasteiger partial charge in [0.15, 0.2) is 0 Å². The third-order valence-electron chi connectivity index (χ3n) is 6.12. The van der Waals surface area contributed by atoms with E-state index in [4.69, 9.17) is 0 Å². The molecule has 0 aromatic heterocycles. The summed E-state index contributed by atoms with van der Waals surface area (Å²) in [6.07, 6.45) is -4.57. The van der Waals surface area contributed by atoms with Gasteiger partial charge >= 0.3 is 6.36 Å². The van der Waals surface area contributed by atoms with Crippen LogP contribution >= 0.6 is 0 Å². The van der Waals surface area contributed by atoms with Crippen LogP contribution in [0.2, 0.25) is 0 Å². The summed E-state index contributed by atoms with van der Waals surface area (Å²) >= 11 is 0. The van der Waals surface area contributed by atoms with E-state index >= 15 is 0 Å². The summed E-state index contributed by atoms with van der Waals surface area (Å²) < 4.78 is 40.7. The van der Waals surface area contributed by atoms with Gasteiger partial charge in [0.05, 0.1) is 12.7 Å². The first-order valence-corrected chi connectivity index (χ1v) is 12.4. The Morgan fingerprint density at radius 1 is 1.00 bits per heavy atom. The van der Waals surface area contributed by atoms with Crippen molar-refractivity contribution in [2.24, 2.45) is 0 Å². The van der Waals surface area contributed by atoms with Crippen LogP contribution in [0.15, 0.2) is 66.7 Å². The minimum absolute atomic E-state index is 0.0285. The molecule has 3 rings (SSSR count). The number of β-amino-alcohol motifs (C(OH)–C–C–N with tert-alkyl or cyclic N) is 1. The number of carbonyl (C=O) groups excluding carboxylic acids is 1. The molecule has 1 atom stereocenters. The third kappa shape index (κ3) is 9.58. The minimum Gasteiger partial charge on any atom is -0.508 e. The maximum atomic E-state index is 12.7. The van der Waals surface area contributed by atoms with Crippen LogP contribution in [-0.2, 0) is 19.4 Å². The van der Waals surface area contributed by atoms with Gasteiger partial charge in [-0.25, -0.2) is 0 Å². The molecule has 3 aromatic rings. The summed E-state index contributed by atoms with van der Waals surface area (Å²) in [6, 6.07) is 17.3. The van der Waals surface area contributed by atoms with E-state index in [1.165, 1.54) is 30.3 Å². The van der Waals surface area contributed by atoms with Gasteiger partial charge in [0, 0.05) is 29.8 Å². The van der Waals surface area contributed by atoms with Crippen LogP contribution in [0.3, 0.4) is 0 Å². The van der Waals surface area contributed by atoms with Crippen LogP contribution in [0, 0.1) is 0 Å². The topological polar surface area (TPSA) is 111 Å². The van der Waals surface area contributed by atoms with Crippen molar-refractivity contribution in [3.8, 4) is 11.5 Å². The van der Waals surface area contributed by atoms with Crippen molar-refractivity contribution < 1.29 is 38.0 Å². The molecular formula is C29H33F3N2O5. The number of aliphatic hydroxyl groups is 2. The fourth-order valence-electron chi connectivity index (χ4n) is 4.11. The summed E-state index contributed by atoms with van der Waals surface area (Å²) in [5.74, 6) is -0.587. The average Bonchev–Trinajstić information content (AvgIpc) is 2.87. The monoisotopic (exact) mass is 546 g/mol. The highest BCUT2D eigenvalue weighted by Gasteiger charge is 2.31. The van der Waals surface area contributed by atoms with Crippen LogP contribution in [0.1, 0.15) is 52.6 Å². The summed E-state index contributed by atoms with van der Waals surface area (Å²) in [7, 11) is 0. The lowest BCUT2D eigenvalue weighted by Gasteiger charge is -2.28. The number of halogens is 3. The van der Waals surface area contributed by atoms with Gasteiger partial charge in [0.1, 0.15) is 11.5 Å². The molecule has 0 fully saturated rings. The Morgan fingerprint density at radius 3 is 2.38 bits per heavy atom. The van der Waals surface area contributed by atoms with Gasteiger partial charge in [-0.1, -0.05) is 30.3 Å². The summed E-state index contributed by atoms with van der Waals surface area (Å²) in [5, 5.41) is 35.8. The standard InChI is InChI=1S/C29H33F3N2O5/c1-28(2,34-17-26(37)21-8-11-25(36)23(15-21)18-35)16-20-4-3-5-22(14-20)27(38)33-13-12-19-6-9-24(10-7-19)39-29(30,31)32/h3-11,14-15,26,34-37H,12-13,16-18H2,1-2H3,(H,33,38)/t26-/m0/s1. The lowest BCUT2D eigenvalue weighted by atomic mass is 9.93. The fraction of sp³-hybridized carbons (Fsp3) is 0.345. The highest BCUT2D eigenvalue weighted by molar-refractivity contribution is 5.94. The number of amides is 1. The number of rotatable bonds is 12. The minimum atomic E-state index is -4.74. The van der Waals surface area contributed by atoms with E-state index in [-0.39, 0.29) is 30.6 Å². The van der Waals surface area contributed by atoms with Crippen molar-refractivity contribution in [1.29, 1.82) is 0 Å². The molecule has 0 aliphatic carbocycles. The molecule has 0 saturated carbocycles. The maximum absolute atomic E-state index is 12.7. The van der Waals surface area contributed by atoms with Crippen LogP contribution < -0.4 is 15.4 Å². The Balaban J connectivity index is 1.50. The molecule has 0 bridgehead atoms. The predicted molar refractivity (Wildman–Crippen MR) is 140 cm³/mol. The van der Waals surface area contributed by atoms with E-state index < -0.39 is 18.0 Å². The first kappa shape index (κ1) is 29.9.